The number of anilines is 1. The van der Waals surface area contributed by atoms with Gasteiger partial charge in [0.15, 0.2) is 0 Å². The van der Waals surface area contributed by atoms with Gasteiger partial charge < -0.3 is 9.73 Å². The van der Waals surface area contributed by atoms with Crippen molar-refractivity contribution in [3.8, 4) is 11.8 Å². The van der Waals surface area contributed by atoms with Crippen LogP contribution in [0.1, 0.15) is 24.0 Å². The van der Waals surface area contributed by atoms with Crippen LogP contribution in [-0.4, -0.2) is 5.91 Å². The molecule has 4 nitrogen and oxygen atoms in total. The Morgan fingerprint density at radius 3 is 2.95 bits per heavy atom. The molecule has 1 N–H and O–H groups in total. The molecule has 0 radical (unpaired) electrons. The van der Waals surface area contributed by atoms with Gasteiger partial charge in [0.25, 0.3) is 0 Å². The smallest absolute Gasteiger partial charge is 0.343 e. The van der Waals surface area contributed by atoms with Crippen molar-refractivity contribution in [1.82, 2.24) is 0 Å². The van der Waals surface area contributed by atoms with E-state index in [4.69, 9.17) is 4.42 Å². The number of fused-ring (bicyclic) bond motifs is 2. The van der Waals surface area contributed by atoms with Crippen LogP contribution in [0, 0.1) is 11.8 Å². The third kappa shape index (κ3) is 2.10. The molecule has 1 aromatic heterocycles. The average molecular weight is 265 g/mol. The zero-order chi connectivity index (χ0) is 14.1. The van der Waals surface area contributed by atoms with Gasteiger partial charge in [-0.3, -0.25) is 4.79 Å². The number of rotatable bonds is 1. The van der Waals surface area contributed by atoms with Crippen molar-refractivity contribution < 1.29 is 9.21 Å². The van der Waals surface area contributed by atoms with E-state index < -0.39 is 5.63 Å². The minimum Gasteiger partial charge on any atom is -0.422 e. The summed E-state index contributed by atoms with van der Waals surface area (Å²) in [6.45, 7) is 3.57. The van der Waals surface area contributed by atoms with Gasteiger partial charge in [-0.1, -0.05) is 24.5 Å². The molecule has 2 heterocycles. The van der Waals surface area contributed by atoms with Gasteiger partial charge in [0, 0.05) is 18.2 Å². The SMILES string of the molecule is C=Cc1cc2cc3c(cc2oc1=O)C#CCCC(=O)N3. The maximum absolute atomic E-state index is 11.7. The van der Waals surface area contributed by atoms with Crippen molar-refractivity contribution >= 4 is 28.6 Å². The van der Waals surface area contributed by atoms with E-state index in [-0.39, 0.29) is 5.91 Å². The number of carbonyl (C=O) groups excluding carboxylic acids is 1. The second kappa shape index (κ2) is 4.71. The summed E-state index contributed by atoms with van der Waals surface area (Å²) in [5, 5.41) is 3.54. The third-order valence-electron chi connectivity index (χ3n) is 3.09. The Morgan fingerprint density at radius 2 is 2.15 bits per heavy atom. The molecule has 2 aromatic rings. The Bertz CT molecular complexity index is 850. The molecular weight excluding hydrogens is 254 g/mol. The first kappa shape index (κ1) is 12.2. The standard InChI is InChI=1S/C16H11NO3/c1-2-10-7-12-8-13-11(9-14(12)20-16(10)19)5-3-4-6-15(18)17-13/h2,7-9H,1,4,6H2,(H,17,18). The summed E-state index contributed by atoms with van der Waals surface area (Å²) in [7, 11) is 0. The fourth-order valence-corrected chi connectivity index (χ4v) is 2.08. The van der Waals surface area contributed by atoms with E-state index in [0.717, 1.165) is 5.39 Å². The van der Waals surface area contributed by atoms with Crippen LogP contribution >= 0.6 is 0 Å². The number of hydrogen-bond donors (Lipinski definition) is 1. The van der Waals surface area contributed by atoms with E-state index in [2.05, 4.69) is 23.7 Å². The largest absolute Gasteiger partial charge is 0.422 e. The van der Waals surface area contributed by atoms with Crippen molar-refractivity contribution in [3.05, 3.63) is 46.3 Å². The lowest BCUT2D eigenvalue weighted by molar-refractivity contribution is -0.116. The highest BCUT2D eigenvalue weighted by Gasteiger charge is 2.11. The van der Waals surface area contributed by atoms with Crippen LogP contribution in [0.25, 0.3) is 17.0 Å². The molecule has 0 saturated heterocycles. The molecule has 1 amide bonds. The molecule has 20 heavy (non-hydrogen) atoms. The molecule has 0 fully saturated rings. The minimum absolute atomic E-state index is 0.0686. The zero-order valence-corrected chi connectivity index (χ0v) is 10.7. The molecule has 1 aliphatic heterocycles. The molecule has 0 bridgehead atoms. The number of hydrogen-bond acceptors (Lipinski definition) is 3. The normalized spacial score (nSPS) is 13.5. The van der Waals surface area contributed by atoms with Crippen molar-refractivity contribution in [1.29, 1.82) is 0 Å². The van der Waals surface area contributed by atoms with Gasteiger partial charge in [-0.2, -0.15) is 0 Å². The number of benzene rings is 1. The number of nitrogens with one attached hydrogen (secondary N) is 1. The first-order valence-corrected chi connectivity index (χ1v) is 6.20. The Balaban J connectivity index is 2.28. The first-order valence-electron chi connectivity index (χ1n) is 6.20. The molecule has 3 rings (SSSR count). The molecule has 1 aliphatic rings. The lowest BCUT2D eigenvalue weighted by Crippen LogP contribution is -2.13. The average Bonchev–Trinajstić information content (AvgIpc) is 2.41. The highest BCUT2D eigenvalue weighted by Crippen LogP contribution is 2.24. The van der Waals surface area contributed by atoms with Crippen LogP contribution in [0.5, 0.6) is 0 Å². The molecule has 1 aromatic carbocycles. The third-order valence-corrected chi connectivity index (χ3v) is 3.09. The van der Waals surface area contributed by atoms with Gasteiger partial charge in [-0.05, 0) is 18.2 Å². The molecule has 0 unspecified atom stereocenters. The summed E-state index contributed by atoms with van der Waals surface area (Å²) in [4.78, 5) is 23.3. The predicted molar refractivity (Wildman–Crippen MR) is 77.3 cm³/mol. The summed E-state index contributed by atoms with van der Waals surface area (Å²) < 4.78 is 5.24. The lowest BCUT2D eigenvalue weighted by Gasteiger charge is -2.10. The molecule has 0 saturated carbocycles. The fraction of sp³-hybridized carbons (Fsp3) is 0.125. The van der Waals surface area contributed by atoms with Crippen molar-refractivity contribution in [2.24, 2.45) is 0 Å². The monoisotopic (exact) mass is 265 g/mol. The highest BCUT2D eigenvalue weighted by molar-refractivity contribution is 5.96. The van der Waals surface area contributed by atoms with Gasteiger partial charge in [-0.15, -0.1) is 0 Å². The van der Waals surface area contributed by atoms with Crippen LogP contribution < -0.4 is 10.9 Å². The van der Waals surface area contributed by atoms with E-state index in [1.54, 1.807) is 18.2 Å². The quantitative estimate of drug-likeness (QED) is 0.636. The Morgan fingerprint density at radius 1 is 1.30 bits per heavy atom. The van der Waals surface area contributed by atoms with Crippen LogP contribution in [0.4, 0.5) is 5.69 Å². The highest BCUT2D eigenvalue weighted by atomic mass is 16.4. The van der Waals surface area contributed by atoms with Gasteiger partial charge in [-0.25, -0.2) is 4.79 Å². The lowest BCUT2D eigenvalue weighted by atomic mass is 10.1. The van der Waals surface area contributed by atoms with E-state index in [1.807, 2.05) is 0 Å². The molecular formula is C16H11NO3. The number of amides is 1. The van der Waals surface area contributed by atoms with E-state index in [0.29, 0.717) is 35.2 Å². The molecule has 0 atom stereocenters. The topological polar surface area (TPSA) is 59.3 Å². The minimum atomic E-state index is -0.435. The maximum Gasteiger partial charge on any atom is 0.343 e. The fourth-order valence-electron chi connectivity index (χ4n) is 2.08. The number of carbonyl (C=O) groups is 1. The Labute approximate surface area is 115 Å². The van der Waals surface area contributed by atoms with Gasteiger partial charge in [0.2, 0.25) is 5.91 Å². The summed E-state index contributed by atoms with van der Waals surface area (Å²) in [5.41, 5.74) is 1.69. The molecule has 4 heteroatoms. The van der Waals surface area contributed by atoms with Crippen molar-refractivity contribution in [2.75, 3.05) is 5.32 Å². The van der Waals surface area contributed by atoms with Gasteiger partial charge in [0.1, 0.15) is 5.58 Å². The van der Waals surface area contributed by atoms with Crippen molar-refractivity contribution in [3.63, 3.8) is 0 Å². The molecule has 0 spiro atoms. The second-order valence-corrected chi connectivity index (χ2v) is 4.48. The van der Waals surface area contributed by atoms with Crippen LogP contribution in [0.2, 0.25) is 0 Å². The van der Waals surface area contributed by atoms with Crippen molar-refractivity contribution in [2.45, 2.75) is 12.8 Å². The zero-order valence-electron chi connectivity index (χ0n) is 10.7. The summed E-state index contributed by atoms with van der Waals surface area (Å²) in [6, 6.07) is 5.13. The van der Waals surface area contributed by atoms with E-state index >= 15 is 0 Å². The predicted octanol–water partition coefficient (Wildman–Crippen LogP) is 2.52. The van der Waals surface area contributed by atoms with E-state index in [1.165, 1.54) is 6.08 Å². The van der Waals surface area contributed by atoms with Crippen LogP contribution in [-0.2, 0) is 4.79 Å². The molecule has 0 aliphatic carbocycles. The summed E-state index contributed by atoms with van der Waals surface area (Å²) in [5.74, 6) is 5.84. The van der Waals surface area contributed by atoms with Gasteiger partial charge in [0.05, 0.1) is 16.8 Å². The Hall–Kier alpha value is -2.80. The van der Waals surface area contributed by atoms with Crippen LogP contribution in [0.15, 0.2) is 34.0 Å². The van der Waals surface area contributed by atoms with E-state index in [9.17, 15) is 9.59 Å². The summed E-state index contributed by atoms with van der Waals surface area (Å²) >= 11 is 0. The summed E-state index contributed by atoms with van der Waals surface area (Å²) in [6.07, 6.45) is 2.34. The molecule has 98 valence electrons. The Kier molecular flexibility index (Phi) is 2.88. The second-order valence-electron chi connectivity index (χ2n) is 4.48. The van der Waals surface area contributed by atoms with Crippen LogP contribution in [0.3, 0.4) is 0 Å². The van der Waals surface area contributed by atoms with Gasteiger partial charge >= 0.3 is 5.63 Å². The maximum atomic E-state index is 11.7. The first-order chi connectivity index (χ1) is 9.67.